The number of nitrogens with zero attached hydrogens (tertiary/aromatic N) is 1. The van der Waals surface area contributed by atoms with Crippen molar-refractivity contribution in [3.05, 3.63) is 91.0 Å². The zero-order valence-electron chi connectivity index (χ0n) is 16.6. The number of fused-ring (bicyclic) bond motifs is 6. The molecule has 32 heavy (non-hydrogen) atoms. The van der Waals surface area contributed by atoms with Gasteiger partial charge in [0.2, 0.25) is 0 Å². The topological polar surface area (TPSA) is 47.0 Å². The third-order valence-electron chi connectivity index (χ3n) is 6.29. The van der Waals surface area contributed by atoms with Gasteiger partial charge >= 0.3 is 0 Å². The second kappa shape index (κ2) is 6.69. The second-order valence-corrected chi connectivity index (χ2v) is 9.81. The minimum Gasteiger partial charge on any atom is -0.296 e. The van der Waals surface area contributed by atoms with Crippen LogP contribution in [0.25, 0.3) is 55.5 Å². The van der Waals surface area contributed by atoms with E-state index < -0.39 is 9.84 Å². The van der Waals surface area contributed by atoms with Gasteiger partial charge in [0.25, 0.3) is 0 Å². The number of pyridine rings is 1. The predicted octanol–water partition coefficient (Wildman–Crippen LogP) is 6.16. The maximum absolute atomic E-state index is 12.9. The summed E-state index contributed by atoms with van der Waals surface area (Å²) in [5.41, 5.74) is 8.77. The maximum atomic E-state index is 12.9. The number of aromatic nitrogens is 1. The Balaban J connectivity index is 0.00000196. The summed E-state index contributed by atoms with van der Waals surface area (Å²) in [5, 5.41) is 1.17. The fourth-order valence-electron chi connectivity index (χ4n) is 4.92. The van der Waals surface area contributed by atoms with Gasteiger partial charge in [-0.1, -0.05) is 66.2 Å². The molecule has 5 heteroatoms. The van der Waals surface area contributed by atoms with E-state index in [1.807, 2.05) is 30.3 Å². The first kappa shape index (κ1) is 19.6. The van der Waals surface area contributed by atoms with Crippen LogP contribution in [0.15, 0.2) is 94.7 Å². The second-order valence-electron chi connectivity index (χ2n) is 7.92. The van der Waals surface area contributed by atoms with Crippen LogP contribution in [-0.4, -0.2) is 13.4 Å². The van der Waals surface area contributed by atoms with Gasteiger partial charge in [-0.25, -0.2) is 8.42 Å². The standard InChI is InChI=1S/C27H14NO2S.Ir/c29-31(30)25-11-4-3-8-19(25)21-14-16(12-13-26(21)31)24-15-22-18-7-2-1-6-17(18)20-9-5-10-23(28-24)27(20)22;/h1-11,13-15H;/q-1;. The largest absolute Gasteiger partial charge is 0.296 e. The molecule has 3 nitrogen and oxygen atoms in total. The molecule has 2 aliphatic rings. The molecular weight excluding hydrogens is 595 g/mol. The van der Waals surface area contributed by atoms with Crippen LogP contribution < -0.4 is 0 Å². The number of hydrogen-bond acceptors (Lipinski definition) is 3. The van der Waals surface area contributed by atoms with Crippen molar-refractivity contribution in [1.29, 1.82) is 0 Å². The van der Waals surface area contributed by atoms with Gasteiger partial charge in [0, 0.05) is 25.5 Å². The summed E-state index contributed by atoms with van der Waals surface area (Å²) in [4.78, 5) is 5.60. The molecule has 0 saturated heterocycles. The molecule has 1 aliphatic carbocycles. The summed E-state index contributed by atoms with van der Waals surface area (Å²) in [5.74, 6) is 0. The smallest absolute Gasteiger partial charge is 0.173 e. The van der Waals surface area contributed by atoms with Crippen molar-refractivity contribution < 1.29 is 28.5 Å². The number of sulfone groups is 1. The van der Waals surface area contributed by atoms with E-state index in [9.17, 15) is 8.42 Å². The average molecular weight is 609 g/mol. The third-order valence-corrected chi connectivity index (χ3v) is 8.14. The normalized spacial score (nSPS) is 13.9. The van der Waals surface area contributed by atoms with E-state index in [0.29, 0.717) is 9.79 Å². The van der Waals surface area contributed by atoms with Crippen LogP contribution in [0.1, 0.15) is 0 Å². The quantitative estimate of drug-likeness (QED) is 0.210. The van der Waals surface area contributed by atoms with Gasteiger partial charge in [-0.3, -0.25) is 4.98 Å². The Bertz CT molecular complexity index is 1710. The van der Waals surface area contributed by atoms with Crippen molar-refractivity contribution in [1.82, 2.24) is 4.98 Å². The molecule has 7 rings (SSSR count). The Morgan fingerprint density at radius 1 is 0.656 bits per heavy atom. The maximum Gasteiger partial charge on any atom is 0.173 e. The average Bonchev–Trinajstić information content (AvgIpc) is 3.25. The van der Waals surface area contributed by atoms with E-state index >= 15 is 0 Å². The van der Waals surface area contributed by atoms with E-state index in [1.54, 1.807) is 18.2 Å². The summed E-state index contributed by atoms with van der Waals surface area (Å²) in [6, 6.07) is 30.6. The van der Waals surface area contributed by atoms with Crippen LogP contribution in [0.5, 0.6) is 0 Å². The summed E-state index contributed by atoms with van der Waals surface area (Å²) < 4.78 is 25.8. The van der Waals surface area contributed by atoms with E-state index in [1.165, 1.54) is 22.1 Å². The molecule has 0 N–H and O–H groups in total. The van der Waals surface area contributed by atoms with E-state index in [-0.39, 0.29) is 20.1 Å². The first-order chi connectivity index (χ1) is 15.1. The van der Waals surface area contributed by atoms with Crippen molar-refractivity contribution >= 4 is 20.7 Å². The zero-order valence-corrected chi connectivity index (χ0v) is 19.8. The summed E-state index contributed by atoms with van der Waals surface area (Å²) in [6.45, 7) is 0. The van der Waals surface area contributed by atoms with E-state index in [0.717, 1.165) is 33.5 Å². The molecule has 5 aromatic rings. The predicted molar refractivity (Wildman–Crippen MR) is 121 cm³/mol. The number of benzene rings is 4. The summed E-state index contributed by atoms with van der Waals surface area (Å²) in [7, 11) is -3.49. The van der Waals surface area contributed by atoms with Gasteiger partial charge in [0.05, 0.1) is 10.4 Å². The van der Waals surface area contributed by atoms with Crippen LogP contribution in [0, 0.1) is 6.07 Å². The first-order valence-electron chi connectivity index (χ1n) is 10.1. The minimum absolute atomic E-state index is 0. The summed E-state index contributed by atoms with van der Waals surface area (Å²) >= 11 is 0. The van der Waals surface area contributed by atoms with Crippen molar-refractivity contribution in [2.75, 3.05) is 0 Å². The Labute approximate surface area is 199 Å². The van der Waals surface area contributed by atoms with Gasteiger partial charge in [-0.05, 0) is 50.5 Å². The molecule has 1 aliphatic heterocycles. The van der Waals surface area contributed by atoms with E-state index in [4.69, 9.17) is 4.98 Å². The first-order valence-corrected chi connectivity index (χ1v) is 11.6. The molecule has 0 saturated carbocycles. The summed E-state index contributed by atoms with van der Waals surface area (Å²) in [6.07, 6.45) is 0. The fraction of sp³-hybridized carbons (Fsp3) is 0. The Hall–Kier alpha value is -3.11. The Morgan fingerprint density at radius 3 is 2.16 bits per heavy atom. The van der Waals surface area contributed by atoms with Crippen LogP contribution in [0.3, 0.4) is 0 Å². The van der Waals surface area contributed by atoms with Gasteiger partial charge in [0.15, 0.2) is 9.84 Å². The molecule has 1 aromatic heterocycles. The molecule has 2 heterocycles. The van der Waals surface area contributed by atoms with Gasteiger partial charge in [-0.15, -0.1) is 23.8 Å². The molecule has 4 aromatic carbocycles. The SMILES string of the molecule is O=S1(=O)c2c[c-]c(-c3cc4c5c(cccc5n3)-c3ccccc3-4)cc2-c2ccccc21.[Ir]. The van der Waals surface area contributed by atoms with Crippen LogP contribution in [0.4, 0.5) is 0 Å². The third kappa shape index (κ3) is 2.44. The van der Waals surface area contributed by atoms with Crippen molar-refractivity contribution in [3.63, 3.8) is 0 Å². The number of rotatable bonds is 1. The number of hydrogen-bond donors (Lipinski definition) is 0. The monoisotopic (exact) mass is 609 g/mol. The zero-order chi connectivity index (χ0) is 20.7. The fourth-order valence-corrected chi connectivity index (χ4v) is 6.55. The molecule has 0 bridgehead atoms. The Kier molecular flexibility index (Phi) is 4.09. The molecule has 0 unspecified atom stereocenters. The molecular formula is C27H14IrNO2S-. The van der Waals surface area contributed by atoms with Crippen molar-refractivity contribution in [2.24, 2.45) is 0 Å². The minimum atomic E-state index is -3.49. The van der Waals surface area contributed by atoms with Crippen molar-refractivity contribution in [2.45, 2.75) is 9.79 Å². The molecule has 1 radical (unpaired) electrons. The van der Waals surface area contributed by atoms with Crippen LogP contribution in [-0.2, 0) is 29.9 Å². The van der Waals surface area contributed by atoms with Crippen LogP contribution >= 0.6 is 0 Å². The molecule has 0 amide bonds. The molecule has 0 atom stereocenters. The Morgan fingerprint density at radius 2 is 1.34 bits per heavy atom. The van der Waals surface area contributed by atoms with Gasteiger partial charge in [0.1, 0.15) is 0 Å². The van der Waals surface area contributed by atoms with E-state index in [2.05, 4.69) is 42.5 Å². The molecule has 155 valence electrons. The van der Waals surface area contributed by atoms with Crippen LogP contribution in [0.2, 0.25) is 0 Å². The van der Waals surface area contributed by atoms with Gasteiger partial charge in [-0.2, -0.15) is 0 Å². The molecule has 0 fully saturated rings. The van der Waals surface area contributed by atoms with Crippen molar-refractivity contribution in [3.8, 4) is 44.6 Å². The molecule has 0 spiro atoms. The van der Waals surface area contributed by atoms with Gasteiger partial charge < -0.3 is 0 Å².